The standard InChI is InChI=1S/C22H18ClN5/c1-15-25-7-8-28(15)14-17-4-2-3-16(9-17)13-26-22-10-18(12-24)20-11-19(23)5-6-21(20)27-22/h2-11H,13-14H2,1H3,(H,26,27). The van der Waals surface area contributed by atoms with E-state index in [-0.39, 0.29) is 0 Å². The van der Waals surface area contributed by atoms with Crippen molar-refractivity contribution >= 4 is 28.3 Å². The molecule has 5 nitrogen and oxygen atoms in total. The van der Waals surface area contributed by atoms with E-state index in [1.165, 1.54) is 5.56 Å². The molecular formula is C22H18ClN5. The molecule has 0 unspecified atom stereocenters. The number of imidazole rings is 1. The summed E-state index contributed by atoms with van der Waals surface area (Å²) in [6.07, 6.45) is 3.79. The van der Waals surface area contributed by atoms with Gasteiger partial charge in [-0.1, -0.05) is 35.9 Å². The van der Waals surface area contributed by atoms with E-state index in [0.29, 0.717) is 22.9 Å². The van der Waals surface area contributed by atoms with E-state index in [4.69, 9.17) is 11.6 Å². The Morgan fingerprint density at radius 1 is 1.14 bits per heavy atom. The van der Waals surface area contributed by atoms with Crippen LogP contribution in [0.25, 0.3) is 10.9 Å². The number of anilines is 1. The summed E-state index contributed by atoms with van der Waals surface area (Å²) in [5.74, 6) is 1.66. The van der Waals surface area contributed by atoms with Crippen LogP contribution in [0.3, 0.4) is 0 Å². The van der Waals surface area contributed by atoms with Crippen molar-refractivity contribution in [3.8, 4) is 6.07 Å². The van der Waals surface area contributed by atoms with Crippen LogP contribution in [0.2, 0.25) is 5.02 Å². The second kappa shape index (κ2) is 7.71. The Balaban J connectivity index is 1.53. The minimum absolute atomic E-state index is 0.555. The lowest BCUT2D eigenvalue weighted by atomic mass is 10.1. The first-order valence-electron chi connectivity index (χ1n) is 8.92. The lowest BCUT2D eigenvalue weighted by molar-refractivity contribution is 0.760. The van der Waals surface area contributed by atoms with Crippen molar-refractivity contribution in [3.63, 3.8) is 0 Å². The van der Waals surface area contributed by atoms with Gasteiger partial charge in [-0.15, -0.1) is 0 Å². The zero-order chi connectivity index (χ0) is 19.5. The van der Waals surface area contributed by atoms with Gasteiger partial charge >= 0.3 is 0 Å². The second-order valence-corrected chi connectivity index (χ2v) is 7.04. The van der Waals surface area contributed by atoms with Gasteiger partial charge in [-0.05, 0) is 42.3 Å². The molecule has 4 aromatic rings. The summed E-state index contributed by atoms with van der Waals surface area (Å²) in [6.45, 7) is 3.40. The number of nitrogens with zero attached hydrogens (tertiary/aromatic N) is 4. The average Bonchev–Trinajstić information content (AvgIpc) is 3.10. The highest BCUT2D eigenvalue weighted by Crippen LogP contribution is 2.24. The Bertz CT molecular complexity index is 1190. The zero-order valence-corrected chi connectivity index (χ0v) is 16.1. The van der Waals surface area contributed by atoms with Crippen LogP contribution in [0.15, 0.2) is 60.9 Å². The molecule has 0 saturated carbocycles. The molecule has 0 fully saturated rings. The topological polar surface area (TPSA) is 66.5 Å². The first-order chi connectivity index (χ1) is 13.6. The molecule has 0 spiro atoms. The van der Waals surface area contributed by atoms with Crippen LogP contribution in [0, 0.1) is 18.3 Å². The van der Waals surface area contributed by atoms with E-state index in [0.717, 1.165) is 28.8 Å². The minimum Gasteiger partial charge on any atom is -0.366 e. The minimum atomic E-state index is 0.555. The maximum Gasteiger partial charge on any atom is 0.128 e. The normalized spacial score (nSPS) is 10.8. The molecule has 1 N–H and O–H groups in total. The highest BCUT2D eigenvalue weighted by molar-refractivity contribution is 6.31. The summed E-state index contributed by atoms with van der Waals surface area (Å²) in [7, 11) is 0. The molecule has 2 heterocycles. The molecular weight excluding hydrogens is 370 g/mol. The molecule has 0 aliphatic carbocycles. The molecule has 0 amide bonds. The molecule has 6 heteroatoms. The number of benzene rings is 2. The number of aromatic nitrogens is 3. The van der Waals surface area contributed by atoms with Gasteiger partial charge in [0.2, 0.25) is 0 Å². The molecule has 0 atom stereocenters. The fourth-order valence-electron chi connectivity index (χ4n) is 3.18. The van der Waals surface area contributed by atoms with Gasteiger partial charge in [0.05, 0.1) is 17.1 Å². The summed E-state index contributed by atoms with van der Waals surface area (Å²) < 4.78 is 2.11. The highest BCUT2D eigenvalue weighted by atomic mass is 35.5. The number of halogens is 1. The van der Waals surface area contributed by atoms with Crippen LogP contribution < -0.4 is 5.32 Å². The Hall–Kier alpha value is -3.36. The quantitative estimate of drug-likeness (QED) is 0.527. The molecule has 2 aromatic heterocycles. The maximum atomic E-state index is 9.46. The number of fused-ring (bicyclic) bond motifs is 1. The van der Waals surface area contributed by atoms with Crippen LogP contribution in [0.4, 0.5) is 5.82 Å². The van der Waals surface area contributed by atoms with Crippen molar-refractivity contribution in [1.82, 2.24) is 14.5 Å². The molecule has 28 heavy (non-hydrogen) atoms. The average molecular weight is 388 g/mol. The Labute approximate surface area is 168 Å². The smallest absolute Gasteiger partial charge is 0.128 e. The van der Waals surface area contributed by atoms with Gasteiger partial charge in [-0.25, -0.2) is 9.97 Å². The molecule has 0 saturated heterocycles. The first-order valence-corrected chi connectivity index (χ1v) is 9.30. The summed E-state index contributed by atoms with van der Waals surface area (Å²) in [6, 6.07) is 17.8. The van der Waals surface area contributed by atoms with Crippen LogP contribution in [-0.4, -0.2) is 14.5 Å². The predicted octanol–water partition coefficient (Wildman–Crippen LogP) is 4.93. The number of aryl methyl sites for hydroxylation is 1. The fourth-order valence-corrected chi connectivity index (χ4v) is 3.35. The molecule has 4 rings (SSSR count). The first kappa shape index (κ1) is 18.0. The summed E-state index contributed by atoms with van der Waals surface area (Å²) in [4.78, 5) is 8.87. The molecule has 0 aliphatic rings. The number of hydrogen-bond donors (Lipinski definition) is 1. The number of hydrogen-bond acceptors (Lipinski definition) is 4. The molecule has 138 valence electrons. The van der Waals surface area contributed by atoms with Crippen molar-refractivity contribution in [3.05, 3.63) is 88.5 Å². The maximum absolute atomic E-state index is 9.46. The third-order valence-electron chi connectivity index (χ3n) is 4.63. The van der Waals surface area contributed by atoms with E-state index >= 15 is 0 Å². The second-order valence-electron chi connectivity index (χ2n) is 6.60. The van der Waals surface area contributed by atoms with Gasteiger partial charge in [0, 0.05) is 35.9 Å². The number of pyridine rings is 1. The highest BCUT2D eigenvalue weighted by Gasteiger charge is 2.07. The van der Waals surface area contributed by atoms with Crippen molar-refractivity contribution in [2.24, 2.45) is 0 Å². The van der Waals surface area contributed by atoms with Crippen molar-refractivity contribution < 1.29 is 0 Å². The third-order valence-corrected chi connectivity index (χ3v) is 4.87. The SMILES string of the molecule is Cc1nccn1Cc1cccc(CNc2cc(C#N)c3cc(Cl)ccc3n2)c1. The van der Waals surface area contributed by atoms with E-state index in [9.17, 15) is 5.26 Å². The largest absolute Gasteiger partial charge is 0.366 e. The van der Waals surface area contributed by atoms with E-state index in [1.807, 2.05) is 25.4 Å². The third kappa shape index (κ3) is 3.83. The molecule has 2 aromatic carbocycles. The van der Waals surface area contributed by atoms with Gasteiger partial charge in [0.15, 0.2) is 0 Å². The summed E-state index contributed by atoms with van der Waals surface area (Å²) in [5, 5.41) is 14.1. The molecule has 0 radical (unpaired) electrons. The van der Waals surface area contributed by atoms with Gasteiger partial charge in [-0.3, -0.25) is 0 Å². The van der Waals surface area contributed by atoms with Crippen LogP contribution in [-0.2, 0) is 13.1 Å². The van der Waals surface area contributed by atoms with Crippen LogP contribution >= 0.6 is 11.6 Å². The van der Waals surface area contributed by atoms with Crippen LogP contribution in [0.1, 0.15) is 22.5 Å². The number of nitriles is 1. The lowest BCUT2D eigenvalue weighted by Gasteiger charge is -2.10. The molecule has 0 bridgehead atoms. The lowest BCUT2D eigenvalue weighted by Crippen LogP contribution is -2.04. The van der Waals surface area contributed by atoms with Gasteiger partial charge < -0.3 is 9.88 Å². The molecule has 0 aliphatic heterocycles. The zero-order valence-electron chi connectivity index (χ0n) is 15.4. The van der Waals surface area contributed by atoms with Crippen molar-refractivity contribution in [2.75, 3.05) is 5.32 Å². The number of rotatable bonds is 5. The summed E-state index contributed by atoms with van der Waals surface area (Å²) >= 11 is 6.05. The van der Waals surface area contributed by atoms with Crippen molar-refractivity contribution in [1.29, 1.82) is 5.26 Å². The predicted molar refractivity (Wildman–Crippen MR) is 111 cm³/mol. The fraction of sp³-hybridized carbons (Fsp3) is 0.136. The van der Waals surface area contributed by atoms with Gasteiger partial charge in [0.25, 0.3) is 0 Å². The monoisotopic (exact) mass is 387 g/mol. The van der Waals surface area contributed by atoms with E-state index < -0.39 is 0 Å². The van der Waals surface area contributed by atoms with E-state index in [2.05, 4.69) is 50.2 Å². The van der Waals surface area contributed by atoms with E-state index in [1.54, 1.807) is 18.2 Å². The Morgan fingerprint density at radius 3 is 2.79 bits per heavy atom. The van der Waals surface area contributed by atoms with Crippen molar-refractivity contribution in [2.45, 2.75) is 20.0 Å². The number of nitrogens with one attached hydrogen (secondary N) is 1. The Kier molecular flexibility index (Phi) is 4.96. The van der Waals surface area contributed by atoms with Gasteiger partial charge in [0.1, 0.15) is 11.6 Å². The van der Waals surface area contributed by atoms with Gasteiger partial charge in [-0.2, -0.15) is 5.26 Å². The summed E-state index contributed by atoms with van der Waals surface area (Å²) in [5.41, 5.74) is 3.65. The Morgan fingerprint density at radius 2 is 2.00 bits per heavy atom. The van der Waals surface area contributed by atoms with Crippen LogP contribution in [0.5, 0.6) is 0 Å².